The molecule has 2 aliphatic rings. The van der Waals surface area contributed by atoms with E-state index >= 15 is 0 Å². The smallest absolute Gasteiger partial charge is 0.270 e. The first kappa shape index (κ1) is 23.0. The Hall–Kier alpha value is -3.16. The van der Waals surface area contributed by atoms with Gasteiger partial charge in [0, 0.05) is 29.8 Å². The van der Waals surface area contributed by atoms with Crippen LogP contribution in [0.5, 0.6) is 5.75 Å². The minimum atomic E-state index is -0.727. The summed E-state index contributed by atoms with van der Waals surface area (Å²) >= 11 is 0. The van der Waals surface area contributed by atoms with Crippen LogP contribution in [0.2, 0.25) is 0 Å². The second kappa shape index (κ2) is 9.77. The molecule has 4 atom stereocenters. The number of hydrogen-bond acceptors (Lipinski definition) is 5. The first-order chi connectivity index (χ1) is 15.9. The van der Waals surface area contributed by atoms with Crippen molar-refractivity contribution in [3.05, 3.63) is 30.0 Å². The highest BCUT2D eigenvalue weighted by Crippen LogP contribution is 2.30. The van der Waals surface area contributed by atoms with E-state index < -0.39 is 12.1 Å². The Morgan fingerprint density at radius 2 is 2.15 bits per heavy atom. The van der Waals surface area contributed by atoms with Gasteiger partial charge in [-0.2, -0.15) is 0 Å². The number of methoxy groups -OCH3 is 1. The van der Waals surface area contributed by atoms with Gasteiger partial charge in [-0.15, -0.1) is 0 Å². The number of likely N-dealkylation sites (tertiary alicyclic amines) is 1. The highest BCUT2D eigenvalue weighted by atomic mass is 16.5. The monoisotopic (exact) mass is 453 g/mol. The highest BCUT2D eigenvalue weighted by molar-refractivity contribution is 6.02. The van der Waals surface area contributed by atoms with E-state index in [4.69, 9.17) is 4.74 Å². The number of H-pyrrole nitrogens is 1. The molecule has 1 aromatic carbocycles. The second-order valence-corrected chi connectivity index (χ2v) is 9.31. The maximum absolute atomic E-state index is 13.4. The summed E-state index contributed by atoms with van der Waals surface area (Å²) in [4.78, 5) is 55.0. The summed E-state index contributed by atoms with van der Waals surface area (Å²) in [6.07, 6.45) is 4.71. The third kappa shape index (κ3) is 4.79. The number of fused-ring (bicyclic) bond motifs is 1. The minimum absolute atomic E-state index is 0.151. The van der Waals surface area contributed by atoms with Crippen molar-refractivity contribution in [2.75, 3.05) is 13.7 Å². The molecule has 2 fully saturated rings. The Morgan fingerprint density at radius 3 is 2.88 bits per heavy atom. The summed E-state index contributed by atoms with van der Waals surface area (Å²) in [5.74, 6) is 0.194. The van der Waals surface area contributed by atoms with Gasteiger partial charge in [0.1, 0.15) is 29.6 Å². The molecule has 4 rings (SSSR count). The lowest BCUT2D eigenvalue weighted by Gasteiger charge is -2.27. The summed E-state index contributed by atoms with van der Waals surface area (Å²) < 4.78 is 5.38. The van der Waals surface area contributed by atoms with Crippen LogP contribution in [-0.2, 0) is 14.4 Å². The molecule has 1 aromatic heterocycles. The number of carbonyl (C=O) groups excluding carboxylic acids is 4. The summed E-state index contributed by atoms with van der Waals surface area (Å²) in [5, 5.41) is 3.60. The van der Waals surface area contributed by atoms with Crippen LogP contribution in [0.15, 0.2) is 24.3 Å². The van der Waals surface area contributed by atoms with Gasteiger partial charge in [-0.1, -0.05) is 19.4 Å². The zero-order valence-electron chi connectivity index (χ0n) is 19.1. The van der Waals surface area contributed by atoms with E-state index in [9.17, 15) is 19.2 Å². The average Bonchev–Trinajstić information content (AvgIpc) is 3.43. The van der Waals surface area contributed by atoms with Gasteiger partial charge < -0.3 is 24.7 Å². The third-order valence-corrected chi connectivity index (χ3v) is 6.86. The quantitative estimate of drug-likeness (QED) is 0.627. The minimum Gasteiger partial charge on any atom is -0.496 e. The number of aldehydes is 1. The lowest BCUT2D eigenvalue weighted by atomic mass is 9.84. The van der Waals surface area contributed by atoms with E-state index in [1.54, 1.807) is 18.1 Å². The van der Waals surface area contributed by atoms with E-state index in [0.29, 0.717) is 43.5 Å². The molecule has 2 heterocycles. The van der Waals surface area contributed by atoms with E-state index in [1.165, 1.54) is 0 Å². The van der Waals surface area contributed by atoms with Crippen LogP contribution < -0.4 is 10.1 Å². The van der Waals surface area contributed by atoms with Crippen molar-refractivity contribution in [2.24, 2.45) is 11.8 Å². The molecule has 1 aliphatic heterocycles. The lowest BCUT2D eigenvalue weighted by molar-refractivity contribution is -0.129. The molecule has 0 bridgehead atoms. The Morgan fingerprint density at radius 1 is 1.33 bits per heavy atom. The number of carbonyl (C=O) groups is 4. The van der Waals surface area contributed by atoms with Crippen LogP contribution in [-0.4, -0.2) is 59.5 Å². The van der Waals surface area contributed by atoms with Crippen molar-refractivity contribution >= 4 is 34.8 Å². The molecule has 33 heavy (non-hydrogen) atoms. The number of ether oxygens (including phenoxy) is 1. The van der Waals surface area contributed by atoms with Crippen molar-refractivity contribution in [3.8, 4) is 5.75 Å². The molecular formula is C25H31N3O5. The summed E-state index contributed by atoms with van der Waals surface area (Å²) in [7, 11) is 1.58. The fourth-order valence-corrected chi connectivity index (χ4v) is 5.13. The van der Waals surface area contributed by atoms with Crippen LogP contribution in [0, 0.1) is 11.8 Å². The first-order valence-corrected chi connectivity index (χ1v) is 11.7. The van der Waals surface area contributed by atoms with Crippen molar-refractivity contribution in [1.82, 2.24) is 15.2 Å². The number of hydrogen-bond donors (Lipinski definition) is 2. The Labute approximate surface area is 193 Å². The van der Waals surface area contributed by atoms with Crippen molar-refractivity contribution in [1.29, 1.82) is 0 Å². The molecule has 8 heteroatoms. The second-order valence-electron chi connectivity index (χ2n) is 9.31. The maximum Gasteiger partial charge on any atom is 0.270 e. The first-order valence-electron chi connectivity index (χ1n) is 11.7. The molecular weight excluding hydrogens is 422 g/mol. The number of rotatable bonds is 7. The molecule has 0 spiro atoms. The number of aromatic nitrogens is 1. The fraction of sp³-hybridized carbons (Fsp3) is 0.520. The van der Waals surface area contributed by atoms with Gasteiger partial charge in [0.15, 0.2) is 0 Å². The molecule has 1 saturated carbocycles. The van der Waals surface area contributed by atoms with Gasteiger partial charge in [0.05, 0.1) is 13.2 Å². The number of nitrogens with zero attached hydrogens (tertiary/aromatic N) is 1. The molecule has 2 amide bonds. The Bertz CT molecular complexity index is 1060. The zero-order chi connectivity index (χ0) is 23.5. The number of ketones is 1. The standard InChI is InChI=1S/C25H31N3O5/c1-15-10-21(24(31)26-17(14-29)11-16-6-3-4-8-22(16)30)28(13-15)25(32)20-12-18-19(27-20)7-5-9-23(18)33-2/h5,7,9,12,14-17,21,27H,3-4,6,8,10-11,13H2,1-2H3,(H,26,31). The Kier molecular flexibility index (Phi) is 6.81. The van der Waals surface area contributed by atoms with Gasteiger partial charge in [-0.3, -0.25) is 14.4 Å². The molecule has 1 saturated heterocycles. The number of benzene rings is 1. The topological polar surface area (TPSA) is 109 Å². The SMILES string of the molecule is COc1cccc2[nH]c(C(=O)N3CC(C)CC3C(=O)NC(C=O)CC3CCCCC3=O)cc12. The van der Waals surface area contributed by atoms with E-state index in [0.717, 1.165) is 30.2 Å². The van der Waals surface area contributed by atoms with Gasteiger partial charge in [-0.25, -0.2) is 0 Å². The number of aromatic amines is 1. The van der Waals surface area contributed by atoms with Crippen LogP contribution >= 0.6 is 0 Å². The Balaban J connectivity index is 1.48. The highest BCUT2D eigenvalue weighted by Gasteiger charge is 2.39. The van der Waals surface area contributed by atoms with E-state index in [2.05, 4.69) is 10.3 Å². The van der Waals surface area contributed by atoms with Gasteiger partial charge >= 0.3 is 0 Å². The van der Waals surface area contributed by atoms with E-state index in [-0.39, 0.29) is 29.4 Å². The van der Waals surface area contributed by atoms with Gasteiger partial charge in [0.2, 0.25) is 5.91 Å². The van der Waals surface area contributed by atoms with Crippen LogP contribution in [0.4, 0.5) is 0 Å². The van der Waals surface area contributed by atoms with Crippen molar-refractivity contribution in [3.63, 3.8) is 0 Å². The van der Waals surface area contributed by atoms with Crippen molar-refractivity contribution < 1.29 is 23.9 Å². The summed E-state index contributed by atoms with van der Waals surface area (Å²) in [5.41, 5.74) is 1.17. The van der Waals surface area contributed by atoms with Crippen LogP contribution in [0.1, 0.15) is 55.9 Å². The number of Topliss-reactive ketones (excluding diaryl/α,β-unsaturated/α-hetero) is 1. The molecule has 1 aliphatic carbocycles. The molecule has 4 unspecified atom stereocenters. The molecule has 176 valence electrons. The molecule has 0 radical (unpaired) electrons. The van der Waals surface area contributed by atoms with Gasteiger partial charge in [-0.05, 0) is 49.8 Å². The fourth-order valence-electron chi connectivity index (χ4n) is 5.13. The van der Waals surface area contributed by atoms with E-state index in [1.807, 2.05) is 25.1 Å². The predicted octanol–water partition coefficient (Wildman–Crippen LogP) is 2.86. The summed E-state index contributed by atoms with van der Waals surface area (Å²) in [6, 6.07) is 5.90. The van der Waals surface area contributed by atoms with Crippen LogP contribution in [0.25, 0.3) is 10.9 Å². The van der Waals surface area contributed by atoms with Crippen LogP contribution in [0.3, 0.4) is 0 Å². The molecule has 2 aromatic rings. The number of amides is 2. The predicted molar refractivity (Wildman–Crippen MR) is 123 cm³/mol. The molecule has 2 N–H and O–H groups in total. The average molecular weight is 454 g/mol. The summed E-state index contributed by atoms with van der Waals surface area (Å²) in [6.45, 7) is 2.45. The lowest BCUT2D eigenvalue weighted by Crippen LogP contribution is -2.50. The maximum atomic E-state index is 13.4. The zero-order valence-corrected chi connectivity index (χ0v) is 19.1. The largest absolute Gasteiger partial charge is 0.496 e. The normalized spacial score (nSPS) is 24.0. The number of nitrogens with one attached hydrogen (secondary N) is 2. The van der Waals surface area contributed by atoms with Crippen molar-refractivity contribution in [2.45, 2.75) is 57.5 Å². The molecule has 8 nitrogen and oxygen atoms in total. The third-order valence-electron chi connectivity index (χ3n) is 6.86. The van der Waals surface area contributed by atoms with Gasteiger partial charge in [0.25, 0.3) is 5.91 Å².